The van der Waals surface area contributed by atoms with Crippen LogP contribution in [0.15, 0.2) is 24.3 Å². The van der Waals surface area contributed by atoms with Crippen LogP contribution in [0.3, 0.4) is 0 Å². The Morgan fingerprint density at radius 2 is 1.68 bits per heavy atom. The summed E-state index contributed by atoms with van der Waals surface area (Å²) in [5, 5.41) is 0.298. The van der Waals surface area contributed by atoms with Gasteiger partial charge in [-0.3, -0.25) is 14.4 Å². The molecule has 0 aliphatic carbocycles. The monoisotopic (exact) mass is 322 g/mol. The minimum Gasteiger partial charge on any atom is -0.316 e. The molecule has 116 valence electrons. The van der Waals surface area contributed by atoms with Crippen LogP contribution in [0.1, 0.15) is 41.0 Å². The minimum atomic E-state index is -0.721. The van der Waals surface area contributed by atoms with Crippen molar-refractivity contribution in [3.8, 4) is 0 Å². The molecule has 2 rings (SSSR count). The number of hydrogen-bond donors (Lipinski definition) is 0. The third-order valence-electron chi connectivity index (χ3n) is 2.86. The van der Waals surface area contributed by atoms with Crippen molar-refractivity contribution in [1.29, 1.82) is 0 Å². The topological polar surface area (TPSA) is 84.0 Å². The number of nitrogens with zero attached hydrogens (tertiary/aromatic N) is 2. The molecule has 0 unspecified atom stereocenters. The molecular weight excluding hydrogens is 308 g/mol. The molecule has 8 heteroatoms. The third-order valence-corrected chi connectivity index (χ3v) is 3.55. The van der Waals surface area contributed by atoms with Crippen molar-refractivity contribution in [2.24, 2.45) is 0 Å². The van der Waals surface area contributed by atoms with E-state index in [0.29, 0.717) is 15.9 Å². The molecule has 1 aromatic carbocycles. The molecule has 0 atom stereocenters. The Bertz CT molecular complexity index is 611. The van der Waals surface area contributed by atoms with Crippen LogP contribution in [0.2, 0.25) is 0 Å². The first-order chi connectivity index (χ1) is 10.5. The van der Waals surface area contributed by atoms with Gasteiger partial charge in [-0.2, -0.15) is 0 Å². The van der Waals surface area contributed by atoms with E-state index in [4.69, 9.17) is 4.84 Å². The first-order valence-corrected chi connectivity index (χ1v) is 7.65. The molecule has 0 fully saturated rings. The molecule has 0 aromatic heterocycles. The highest BCUT2D eigenvalue weighted by atomic mass is 32.2. The highest BCUT2D eigenvalue weighted by Crippen LogP contribution is 2.26. The summed E-state index contributed by atoms with van der Waals surface area (Å²) in [4.78, 5) is 53.1. The van der Waals surface area contributed by atoms with Gasteiger partial charge in [-0.25, -0.2) is 4.79 Å². The Kier molecular flexibility index (Phi) is 4.81. The van der Waals surface area contributed by atoms with E-state index >= 15 is 0 Å². The average Bonchev–Trinajstić information content (AvgIpc) is 2.77. The maximum Gasteiger partial charge on any atom is 0.336 e. The summed E-state index contributed by atoms with van der Waals surface area (Å²) in [5.41, 5.74) is 0.332. The predicted octanol–water partition coefficient (Wildman–Crippen LogP) is 2.24. The van der Waals surface area contributed by atoms with Gasteiger partial charge in [0.05, 0.1) is 11.1 Å². The zero-order valence-corrected chi connectivity index (χ0v) is 12.9. The lowest BCUT2D eigenvalue weighted by Crippen LogP contribution is -2.49. The van der Waals surface area contributed by atoms with Gasteiger partial charge in [0.2, 0.25) is 0 Å². The Hall–Kier alpha value is -2.35. The molecule has 0 spiro atoms. The highest BCUT2D eigenvalue weighted by Gasteiger charge is 2.43. The lowest BCUT2D eigenvalue weighted by molar-refractivity contribution is -0.205. The summed E-state index contributed by atoms with van der Waals surface area (Å²) in [7, 11) is 0. The second-order valence-electron chi connectivity index (χ2n) is 4.26. The Morgan fingerprint density at radius 3 is 2.14 bits per heavy atom. The maximum absolute atomic E-state index is 12.3. The molecule has 7 nitrogen and oxygen atoms in total. The van der Waals surface area contributed by atoms with Crippen molar-refractivity contribution < 1.29 is 24.0 Å². The number of benzene rings is 1. The number of hydrogen-bond acceptors (Lipinski definition) is 6. The molecule has 3 amide bonds. The second kappa shape index (κ2) is 6.61. The number of hydrazine groups is 1. The SMILES string of the molecule is CCSC(=O)N(OC(=O)CC)N1C(=O)c2ccccc2C1=O. The zero-order chi connectivity index (χ0) is 16.3. The summed E-state index contributed by atoms with van der Waals surface area (Å²) in [5.74, 6) is -1.71. The Labute approximate surface area is 131 Å². The molecule has 1 heterocycles. The van der Waals surface area contributed by atoms with Crippen LogP contribution >= 0.6 is 11.8 Å². The van der Waals surface area contributed by atoms with Gasteiger partial charge < -0.3 is 4.84 Å². The van der Waals surface area contributed by atoms with E-state index < -0.39 is 23.0 Å². The summed E-state index contributed by atoms with van der Waals surface area (Å²) < 4.78 is 0. The molecule has 0 saturated heterocycles. The Morgan fingerprint density at radius 1 is 1.14 bits per heavy atom. The van der Waals surface area contributed by atoms with Crippen LogP contribution in [-0.4, -0.2) is 39.0 Å². The lowest BCUT2D eigenvalue weighted by Gasteiger charge is -2.26. The molecule has 0 saturated carbocycles. The normalized spacial score (nSPS) is 13.1. The average molecular weight is 322 g/mol. The van der Waals surface area contributed by atoms with Crippen LogP contribution in [-0.2, 0) is 9.63 Å². The number of hydroxylamine groups is 1. The summed E-state index contributed by atoms with van der Waals surface area (Å²) in [6.07, 6.45) is 0.00371. The van der Waals surface area contributed by atoms with Crippen molar-refractivity contribution in [3.05, 3.63) is 35.4 Å². The fourth-order valence-electron chi connectivity index (χ4n) is 1.84. The van der Waals surface area contributed by atoms with Crippen molar-refractivity contribution >= 4 is 34.8 Å². The van der Waals surface area contributed by atoms with E-state index in [1.807, 2.05) is 0 Å². The molecule has 0 N–H and O–H groups in total. The quantitative estimate of drug-likeness (QED) is 0.627. The van der Waals surface area contributed by atoms with Crippen molar-refractivity contribution in [2.45, 2.75) is 20.3 Å². The van der Waals surface area contributed by atoms with E-state index in [9.17, 15) is 19.2 Å². The van der Waals surface area contributed by atoms with Gasteiger partial charge in [0.15, 0.2) is 0 Å². The number of carbonyl (C=O) groups is 4. The van der Waals surface area contributed by atoms with Crippen molar-refractivity contribution in [1.82, 2.24) is 10.2 Å². The number of imide groups is 1. The zero-order valence-electron chi connectivity index (χ0n) is 12.1. The van der Waals surface area contributed by atoms with E-state index in [0.717, 1.165) is 11.8 Å². The van der Waals surface area contributed by atoms with Gasteiger partial charge >= 0.3 is 11.2 Å². The van der Waals surface area contributed by atoms with Gasteiger partial charge in [-0.05, 0) is 17.9 Å². The highest BCUT2D eigenvalue weighted by molar-refractivity contribution is 8.13. The largest absolute Gasteiger partial charge is 0.336 e. The first kappa shape index (κ1) is 16.0. The molecule has 1 aromatic rings. The predicted molar refractivity (Wildman–Crippen MR) is 78.7 cm³/mol. The van der Waals surface area contributed by atoms with Gasteiger partial charge in [-0.15, -0.1) is 5.01 Å². The number of rotatable bonds is 3. The van der Waals surface area contributed by atoms with Crippen LogP contribution in [0.4, 0.5) is 4.79 Å². The van der Waals surface area contributed by atoms with Gasteiger partial charge in [0, 0.05) is 6.42 Å². The van der Waals surface area contributed by atoms with E-state index in [-0.39, 0.29) is 17.5 Å². The Balaban J connectivity index is 2.36. The van der Waals surface area contributed by atoms with Crippen LogP contribution in [0, 0.1) is 0 Å². The van der Waals surface area contributed by atoms with E-state index in [1.54, 1.807) is 26.0 Å². The molecule has 22 heavy (non-hydrogen) atoms. The minimum absolute atomic E-state index is 0.00371. The summed E-state index contributed by atoms with van der Waals surface area (Å²) in [6.45, 7) is 3.27. The maximum atomic E-state index is 12.3. The number of amides is 3. The van der Waals surface area contributed by atoms with Gasteiger partial charge in [-0.1, -0.05) is 42.9 Å². The van der Waals surface area contributed by atoms with Gasteiger partial charge in [0.25, 0.3) is 11.8 Å². The van der Waals surface area contributed by atoms with Crippen LogP contribution < -0.4 is 0 Å². The van der Waals surface area contributed by atoms with Gasteiger partial charge in [0.1, 0.15) is 0 Å². The van der Waals surface area contributed by atoms with Crippen molar-refractivity contribution in [2.75, 3.05) is 5.75 Å². The third kappa shape index (κ3) is 2.82. The van der Waals surface area contributed by atoms with Crippen molar-refractivity contribution in [3.63, 3.8) is 0 Å². The number of fused-ring (bicyclic) bond motifs is 1. The number of thioether (sulfide) groups is 1. The van der Waals surface area contributed by atoms with Crippen LogP contribution in [0.25, 0.3) is 0 Å². The fraction of sp³-hybridized carbons (Fsp3) is 0.286. The van der Waals surface area contributed by atoms with Crippen LogP contribution in [0.5, 0.6) is 0 Å². The molecule has 0 radical (unpaired) electrons. The molecule has 1 aliphatic rings. The molecule has 1 aliphatic heterocycles. The van der Waals surface area contributed by atoms with E-state index in [1.165, 1.54) is 12.1 Å². The smallest absolute Gasteiger partial charge is 0.316 e. The standard InChI is InChI=1S/C14H14N2O5S/c1-3-11(17)21-16(14(20)22-4-2)15-12(18)9-7-5-6-8-10(9)13(15)19/h5-8H,3-4H2,1-2H3. The lowest BCUT2D eigenvalue weighted by atomic mass is 10.1. The molecular formula is C14H14N2O5S. The fourth-order valence-corrected chi connectivity index (χ4v) is 2.32. The summed E-state index contributed by atoms with van der Waals surface area (Å²) >= 11 is 0.825. The second-order valence-corrected chi connectivity index (χ2v) is 5.47. The first-order valence-electron chi connectivity index (χ1n) is 6.66. The summed E-state index contributed by atoms with van der Waals surface area (Å²) in [6, 6.07) is 6.18. The molecule has 0 bridgehead atoms. The number of carbonyl (C=O) groups excluding carboxylic acids is 4. The van der Waals surface area contributed by atoms with E-state index in [2.05, 4.69) is 0 Å².